The Morgan fingerprint density at radius 1 is 1.30 bits per heavy atom. The second-order valence-electron chi connectivity index (χ2n) is 7.99. The molecule has 1 aromatic heterocycles. The Hall–Kier alpha value is -1.40. The molecule has 0 saturated carbocycles. The smallest absolute Gasteiger partial charge is 0.254 e. The quantitative estimate of drug-likeness (QED) is 0.696. The fourth-order valence-corrected chi connectivity index (χ4v) is 5.50. The summed E-state index contributed by atoms with van der Waals surface area (Å²) in [6.45, 7) is 8.14. The van der Waals surface area contributed by atoms with Crippen LogP contribution in [-0.2, 0) is 16.0 Å². The summed E-state index contributed by atoms with van der Waals surface area (Å²) in [7, 11) is 1.70. The van der Waals surface area contributed by atoms with Gasteiger partial charge in [-0.2, -0.15) is 0 Å². The zero-order valence-electron chi connectivity index (χ0n) is 16.9. The van der Waals surface area contributed by atoms with Gasteiger partial charge in [0, 0.05) is 56.6 Å². The molecule has 0 atom stereocenters. The lowest BCUT2D eigenvalue weighted by molar-refractivity contribution is -0.139. The van der Waals surface area contributed by atoms with Crippen molar-refractivity contribution < 1.29 is 14.3 Å². The van der Waals surface area contributed by atoms with E-state index in [1.165, 1.54) is 10.4 Å². The normalized spacial score (nSPS) is 19.7. The van der Waals surface area contributed by atoms with Crippen LogP contribution in [0.5, 0.6) is 0 Å². The molecule has 27 heavy (non-hydrogen) atoms. The standard InChI is InChI=1S/C21H32N2O3S/c1-4-17-16(2)27-14-18(17)20(25)22-11-8-21(9-12-22)7-6-19(24)23(15-21)10-5-13-26-3/h14H,4-13,15H2,1-3H3. The zero-order valence-corrected chi connectivity index (χ0v) is 17.7. The van der Waals surface area contributed by atoms with Gasteiger partial charge in [-0.3, -0.25) is 9.59 Å². The fraction of sp³-hybridized carbons (Fsp3) is 0.714. The first-order valence-corrected chi connectivity index (χ1v) is 11.0. The Labute approximate surface area is 166 Å². The molecule has 1 aromatic rings. The molecule has 0 radical (unpaired) electrons. The molecular weight excluding hydrogens is 360 g/mol. The first kappa shape index (κ1) is 20.3. The van der Waals surface area contributed by atoms with Crippen LogP contribution in [0, 0.1) is 12.3 Å². The minimum atomic E-state index is 0.190. The Morgan fingerprint density at radius 2 is 2.04 bits per heavy atom. The van der Waals surface area contributed by atoms with Crippen LogP contribution in [0.1, 0.15) is 59.8 Å². The first-order valence-electron chi connectivity index (χ1n) is 10.1. The number of nitrogens with zero attached hydrogens (tertiary/aromatic N) is 2. The van der Waals surface area contributed by atoms with Gasteiger partial charge in [0.25, 0.3) is 5.91 Å². The van der Waals surface area contributed by atoms with Crippen LogP contribution >= 0.6 is 11.3 Å². The Balaban J connectivity index is 1.60. The van der Waals surface area contributed by atoms with Crippen molar-refractivity contribution in [1.29, 1.82) is 0 Å². The molecule has 1 spiro atoms. The molecule has 3 heterocycles. The van der Waals surface area contributed by atoms with Crippen molar-refractivity contribution in [1.82, 2.24) is 9.80 Å². The van der Waals surface area contributed by atoms with Crippen molar-refractivity contribution >= 4 is 23.2 Å². The van der Waals surface area contributed by atoms with E-state index in [1.54, 1.807) is 18.4 Å². The van der Waals surface area contributed by atoms with Gasteiger partial charge in [0.15, 0.2) is 0 Å². The number of hydrogen-bond donors (Lipinski definition) is 0. The summed E-state index contributed by atoms with van der Waals surface area (Å²) in [6, 6.07) is 0. The van der Waals surface area contributed by atoms with Gasteiger partial charge < -0.3 is 14.5 Å². The molecule has 6 heteroatoms. The Kier molecular flexibility index (Phi) is 6.58. The van der Waals surface area contributed by atoms with Gasteiger partial charge in [-0.15, -0.1) is 11.3 Å². The van der Waals surface area contributed by atoms with Crippen LogP contribution in [0.2, 0.25) is 0 Å². The summed E-state index contributed by atoms with van der Waals surface area (Å²) >= 11 is 1.68. The van der Waals surface area contributed by atoms with Crippen molar-refractivity contribution in [3.05, 3.63) is 21.4 Å². The average Bonchev–Trinajstić information content (AvgIpc) is 3.05. The number of methoxy groups -OCH3 is 1. The second-order valence-corrected chi connectivity index (χ2v) is 9.08. The summed E-state index contributed by atoms with van der Waals surface area (Å²) in [5.41, 5.74) is 2.30. The largest absolute Gasteiger partial charge is 0.385 e. The van der Waals surface area contributed by atoms with Crippen LogP contribution in [0.15, 0.2) is 5.38 Å². The van der Waals surface area contributed by atoms with Crippen molar-refractivity contribution in [2.45, 2.75) is 52.4 Å². The van der Waals surface area contributed by atoms with Crippen LogP contribution < -0.4 is 0 Å². The fourth-order valence-electron chi connectivity index (χ4n) is 4.57. The van der Waals surface area contributed by atoms with Crippen molar-refractivity contribution in [2.24, 2.45) is 5.41 Å². The number of amides is 2. The highest BCUT2D eigenvalue weighted by atomic mass is 32.1. The Bertz CT molecular complexity index is 677. The van der Waals surface area contributed by atoms with Crippen LogP contribution in [0.4, 0.5) is 0 Å². The van der Waals surface area contributed by atoms with Gasteiger partial charge in [0.05, 0.1) is 5.56 Å². The molecule has 0 unspecified atom stereocenters. The summed E-state index contributed by atoms with van der Waals surface area (Å²) in [5.74, 6) is 0.464. The zero-order chi connectivity index (χ0) is 19.4. The molecule has 3 rings (SSSR count). The number of likely N-dealkylation sites (tertiary alicyclic amines) is 2. The van der Waals surface area contributed by atoms with E-state index >= 15 is 0 Å². The van der Waals surface area contributed by atoms with Crippen LogP contribution in [0.25, 0.3) is 0 Å². The lowest BCUT2D eigenvalue weighted by Crippen LogP contribution is -2.52. The van der Waals surface area contributed by atoms with E-state index in [-0.39, 0.29) is 17.2 Å². The molecule has 2 saturated heterocycles. The number of hydrogen-bond acceptors (Lipinski definition) is 4. The second kappa shape index (κ2) is 8.74. The van der Waals surface area contributed by atoms with Crippen molar-refractivity contribution in [3.8, 4) is 0 Å². The molecule has 2 aliphatic heterocycles. The van der Waals surface area contributed by atoms with Gasteiger partial charge in [-0.1, -0.05) is 6.92 Å². The molecular formula is C21H32N2O3S. The minimum absolute atomic E-state index is 0.190. The number of aryl methyl sites for hydroxylation is 1. The van der Waals surface area contributed by atoms with E-state index in [0.717, 1.165) is 63.8 Å². The van der Waals surface area contributed by atoms with E-state index in [4.69, 9.17) is 4.74 Å². The van der Waals surface area contributed by atoms with E-state index in [2.05, 4.69) is 13.8 Å². The topological polar surface area (TPSA) is 49.9 Å². The minimum Gasteiger partial charge on any atom is -0.385 e. The highest BCUT2D eigenvalue weighted by Gasteiger charge is 2.41. The van der Waals surface area contributed by atoms with Gasteiger partial charge in [0.1, 0.15) is 0 Å². The maximum absolute atomic E-state index is 13.0. The molecule has 0 bridgehead atoms. The third-order valence-electron chi connectivity index (χ3n) is 6.32. The summed E-state index contributed by atoms with van der Waals surface area (Å²) in [4.78, 5) is 30.6. The van der Waals surface area contributed by atoms with Crippen LogP contribution in [0.3, 0.4) is 0 Å². The molecule has 5 nitrogen and oxygen atoms in total. The summed E-state index contributed by atoms with van der Waals surface area (Å²) in [5, 5.41) is 2.03. The average molecular weight is 393 g/mol. The number of carbonyl (C=O) groups is 2. The lowest BCUT2D eigenvalue weighted by Gasteiger charge is -2.47. The van der Waals surface area contributed by atoms with Gasteiger partial charge in [-0.05, 0) is 50.0 Å². The highest BCUT2D eigenvalue weighted by Crippen LogP contribution is 2.40. The lowest BCUT2D eigenvalue weighted by atomic mass is 9.72. The SMILES string of the molecule is CCc1c(C(=O)N2CCC3(CCC(=O)N(CCCOC)C3)CC2)csc1C. The monoisotopic (exact) mass is 392 g/mol. The van der Waals surface area contributed by atoms with E-state index in [0.29, 0.717) is 13.0 Å². The van der Waals surface area contributed by atoms with Crippen molar-refractivity contribution in [3.63, 3.8) is 0 Å². The third-order valence-corrected chi connectivity index (χ3v) is 7.28. The van der Waals surface area contributed by atoms with E-state index < -0.39 is 0 Å². The van der Waals surface area contributed by atoms with E-state index in [1.807, 2.05) is 15.2 Å². The molecule has 0 aliphatic carbocycles. The first-order chi connectivity index (χ1) is 13.0. The number of rotatable bonds is 6. The highest BCUT2D eigenvalue weighted by molar-refractivity contribution is 7.10. The molecule has 150 valence electrons. The number of carbonyl (C=O) groups excluding carboxylic acids is 2. The third kappa shape index (κ3) is 4.37. The molecule has 2 aliphatic rings. The molecule has 0 N–H and O–H groups in total. The molecule has 2 fully saturated rings. The van der Waals surface area contributed by atoms with E-state index in [9.17, 15) is 9.59 Å². The van der Waals surface area contributed by atoms with Crippen LogP contribution in [-0.4, -0.2) is 61.5 Å². The maximum atomic E-state index is 13.0. The predicted molar refractivity (Wildman–Crippen MR) is 108 cm³/mol. The maximum Gasteiger partial charge on any atom is 0.254 e. The Morgan fingerprint density at radius 3 is 2.70 bits per heavy atom. The number of thiophene rings is 1. The number of piperidine rings is 2. The van der Waals surface area contributed by atoms with Gasteiger partial charge in [0.2, 0.25) is 5.91 Å². The summed E-state index contributed by atoms with van der Waals surface area (Å²) < 4.78 is 5.13. The number of ether oxygens (including phenoxy) is 1. The molecule has 0 aromatic carbocycles. The molecule has 2 amide bonds. The summed E-state index contributed by atoms with van der Waals surface area (Å²) in [6.07, 6.45) is 5.40. The van der Waals surface area contributed by atoms with Gasteiger partial charge >= 0.3 is 0 Å². The predicted octanol–water partition coefficient (Wildman–Crippen LogP) is 3.50. The van der Waals surface area contributed by atoms with Crippen molar-refractivity contribution in [2.75, 3.05) is 39.9 Å². The van der Waals surface area contributed by atoms with Gasteiger partial charge in [-0.25, -0.2) is 0 Å².